The second kappa shape index (κ2) is 6.61. The molecule has 6 nitrogen and oxygen atoms in total. The molecule has 23 heavy (non-hydrogen) atoms. The molecule has 0 amide bonds. The van der Waals surface area contributed by atoms with Gasteiger partial charge in [-0.25, -0.2) is 13.9 Å². The second-order valence-corrected chi connectivity index (χ2v) is 4.53. The fourth-order valence-electron chi connectivity index (χ4n) is 1.84. The molecular weight excluding hydrogens is 299 g/mol. The molecule has 0 N–H and O–H groups in total. The quantitative estimate of drug-likeness (QED) is 0.422. The monoisotopic (exact) mass is 310 g/mol. The van der Waals surface area contributed by atoms with Gasteiger partial charge in [0.05, 0.1) is 11.8 Å². The van der Waals surface area contributed by atoms with Gasteiger partial charge in [0, 0.05) is 0 Å². The lowest BCUT2D eigenvalue weighted by Crippen LogP contribution is -2.10. The van der Waals surface area contributed by atoms with Gasteiger partial charge in [0.15, 0.2) is 0 Å². The Labute approximate surface area is 130 Å². The van der Waals surface area contributed by atoms with E-state index in [1.165, 1.54) is 35.5 Å². The van der Waals surface area contributed by atoms with Crippen molar-refractivity contribution in [3.05, 3.63) is 78.1 Å². The van der Waals surface area contributed by atoms with E-state index in [0.717, 1.165) is 0 Å². The van der Waals surface area contributed by atoms with Crippen LogP contribution in [0.25, 0.3) is 0 Å². The molecule has 0 spiro atoms. The van der Waals surface area contributed by atoms with Gasteiger partial charge in [-0.05, 0) is 29.8 Å². The number of ether oxygens (including phenoxy) is 1. The van der Waals surface area contributed by atoms with Gasteiger partial charge < -0.3 is 4.74 Å². The van der Waals surface area contributed by atoms with Gasteiger partial charge in [-0.2, -0.15) is 5.10 Å². The first-order valence-electron chi connectivity index (χ1n) is 6.68. The zero-order valence-electron chi connectivity index (χ0n) is 11.8. The third-order valence-electron chi connectivity index (χ3n) is 2.91. The molecule has 3 rings (SSSR count). The molecule has 7 heteroatoms. The zero-order chi connectivity index (χ0) is 16.1. The van der Waals surface area contributed by atoms with Gasteiger partial charge in [0.25, 0.3) is 0 Å². The van der Waals surface area contributed by atoms with Crippen LogP contribution in [0.5, 0.6) is 5.75 Å². The van der Waals surface area contributed by atoms with E-state index in [-0.39, 0.29) is 5.56 Å². The van der Waals surface area contributed by atoms with Gasteiger partial charge in [-0.15, -0.1) is 10.2 Å². The highest BCUT2D eigenvalue weighted by Crippen LogP contribution is 2.15. The summed E-state index contributed by atoms with van der Waals surface area (Å²) in [6.45, 7) is 0. The van der Waals surface area contributed by atoms with Crippen LogP contribution >= 0.6 is 0 Å². The van der Waals surface area contributed by atoms with Gasteiger partial charge in [0.1, 0.15) is 24.2 Å². The van der Waals surface area contributed by atoms with Gasteiger partial charge in [-0.3, -0.25) is 0 Å². The summed E-state index contributed by atoms with van der Waals surface area (Å²) < 4.78 is 20.2. The van der Waals surface area contributed by atoms with Crippen LogP contribution in [0.15, 0.2) is 66.3 Å². The molecule has 2 aromatic carbocycles. The Morgan fingerprint density at radius 1 is 1.13 bits per heavy atom. The maximum Gasteiger partial charge on any atom is 0.346 e. The number of esters is 1. The van der Waals surface area contributed by atoms with E-state index < -0.39 is 11.8 Å². The molecule has 3 aromatic rings. The normalized spacial score (nSPS) is 10.8. The fraction of sp³-hybridized carbons (Fsp3) is 0. The summed E-state index contributed by atoms with van der Waals surface area (Å²) in [4.78, 5) is 12.0. The smallest absolute Gasteiger partial charge is 0.346 e. The Bertz CT molecular complexity index is 847. The van der Waals surface area contributed by atoms with Crippen LogP contribution in [0.2, 0.25) is 0 Å². The number of rotatable bonds is 4. The minimum Gasteiger partial charge on any atom is -0.423 e. The molecule has 0 aliphatic carbocycles. The number of carbonyl (C=O) groups excluding carboxylic acids is 1. The van der Waals surface area contributed by atoms with Gasteiger partial charge in [0.2, 0.25) is 0 Å². The van der Waals surface area contributed by atoms with Crippen LogP contribution in [-0.2, 0) is 0 Å². The van der Waals surface area contributed by atoms with Crippen molar-refractivity contribution in [2.45, 2.75) is 0 Å². The summed E-state index contributed by atoms with van der Waals surface area (Å²) in [5, 5.41) is 11.4. The van der Waals surface area contributed by atoms with Crippen LogP contribution in [0.4, 0.5) is 4.39 Å². The maximum atomic E-state index is 13.6. The summed E-state index contributed by atoms with van der Waals surface area (Å²) in [6, 6.07) is 12.4. The lowest BCUT2D eigenvalue weighted by atomic mass is 10.2. The molecule has 1 aromatic heterocycles. The average molecular weight is 310 g/mol. The highest BCUT2D eigenvalue weighted by molar-refractivity contribution is 5.91. The molecular formula is C16H11FN4O2. The van der Waals surface area contributed by atoms with Crippen LogP contribution in [0.3, 0.4) is 0 Å². The van der Waals surface area contributed by atoms with Crippen molar-refractivity contribution in [2.75, 3.05) is 0 Å². The molecule has 0 aliphatic rings. The molecule has 0 radical (unpaired) electrons. The highest BCUT2D eigenvalue weighted by atomic mass is 19.1. The van der Waals surface area contributed by atoms with Crippen LogP contribution in [0.1, 0.15) is 15.9 Å². The van der Waals surface area contributed by atoms with E-state index >= 15 is 0 Å². The Hall–Kier alpha value is -3.35. The zero-order valence-corrected chi connectivity index (χ0v) is 11.8. The summed E-state index contributed by atoms with van der Waals surface area (Å²) >= 11 is 0. The van der Waals surface area contributed by atoms with Crippen molar-refractivity contribution >= 4 is 12.2 Å². The molecule has 0 saturated heterocycles. The average Bonchev–Trinajstić information content (AvgIpc) is 3.07. The molecule has 0 bridgehead atoms. The highest BCUT2D eigenvalue weighted by Gasteiger charge is 2.13. The maximum absolute atomic E-state index is 13.6. The van der Waals surface area contributed by atoms with Crippen molar-refractivity contribution in [3.63, 3.8) is 0 Å². The third-order valence-corrected chi connectivity index (χ3v) is 2.91. The Balaban J connectivity index is 1.75. The Morgan fingerprint density at radius 2 is 1.91 bits per heavy atom. The lowest BCUT2D eigenvalue weighted by molar-refractivity contribution is 0.0730. The third kappa shape index (κ3) is 3.65. The van der Waals surface area contributed by atoms with E-state index in [1.54, 1.807) is 36.5 Å². The number of hydrogen-bond donors (Lipinski definition) is 0. The van der Waals surface area contributed by atoms with Crippen molar-refractivity contribution < 1.29 is 13.9 Å². The van der Waals surface area contributed by atoms with Crippen molar-refractivity contribution in [1.82, 2.24) is 14.9 Å². The summed E-state index contributed by atoms with van der Waals surface area (Å²) in [5.74, 6) is -1.08. The van der Waals surface area contributed by atoms with Crippen molar-refractivity contribution in [3.8, 4) is 5.75 Å². The van der Waals surface area contributed by atoms with E-state index in [1.807, 2.05) is 0 Å². The predicted molar refractivity (Wildman–Crippen MR) is 80.8 cm³/mol. The first kappa shape index (κ1) is 14.6. The van der Waals surface area contributed by atoms with E-state index in [0.29, 0.717) is 11.3 Å². The molecule has 1 heterocycles. The number of nitrogens with zero attached hydrogens (tertiary/aromatic N) is 4. The Morgan fingerprint density at radius 3 is 2.70 bits per heavy atom. The SMILES string of the molecule is O=C(Oc1cccc(C=Nn2cnnc2)c1)c1ccccc1F. The standard InChI is InChI=1S/C16H11FN4O2/c17-15-7-2-1-6-14(15)16(22)23-13-5-3-4-12(8-13)9-20-21-10-18-19-11-21/h1-11H. The van der Waals surface area contributed by atoms with Crippen LogP contribution < -0.4 is 4.74 Å². The molecule has 0 aliphatic heterocycles. The van der Waals surface area contributed by atoms with Gasteiger partial charge in [-0.1, -0.05) is 24.3 Å². The number of aromatic nitrogens is 3. The lowest BCUT2D eigenvalue weighted by Gasteiger charge is -2.05. The van der Waals surface area contributed by atoms with E-state index in [2.05, 4.69) is 15.3 Å². The second-order valence-electron chi connectivity index (χ2n) is 4.53. The molecule has 0 saturated carbocycles. The molecule has 0 atom stereocenters. The topological polar surface area (TPSA) is 69.4 Å². The Kier molecular flexibility index (Phi) is 4.19. The summed E-state index contributed by atoms with van der Waals surface area (Å²) in [7, 11) is 0. The van der Waals surface area contributed by atoms with Gasteiger partial charge >= 0.3 is 5.97 Å². The minimum absolute atomic E-state index is 0.115. The summed E-state index contributed by atoms with van der Waals surface area (Å²) in [6.07, 6.45) is 4.45. The van der Waals surface area contributed by atoms with Crippen LogP contribution in [0, 0.1) is 5.82 Å². The first-order valence-corrected chi connectivity index (χ1v) is 6.68. The van der Waals surface area contributed by atoms with Crippen molar-refractivity contribution in [2.24, 2.45) is 5.10 Å². The molecule has 0 unspecified atom stereocenters. The van der Waals surface area contributed by atoms with E-state index in [4.69, 9.17) is 4.74 Å². The predicted octanol–water partition coefficient (Wildman–Crippen LogP) is 2.52. The largest absolute Gasteiger partial charge is 0.423 e. The summed E-state index contributed by atoms with van der Waals surface area (Å²) in [5.41, 5.74) is 0.591. The first-order chi connectivity index (χ1) is 11.2. The molecule has 0 fully saturated rings. The number of benzene rings is 2. The molecule has 114 valence electrons. The van der Waals surface area contributed by atoms with E-state index in [9.17, 15) is 9.18 Å². The van der Waals surface area contributed by atoms with Crippen molar-refractivity contribution in [1.29, 1.82) is 0 Å². The number of carbonyl (C=O) groups is 1. The minimum atomic E-state index is -0.754. The number of halogens is 1. The van der Waals surface area contributed by atoms with Crippen LogP contribution in [-0.4, -0.2) is 27.1 Å². The number of hydrogen-bond acceptors (Lipinski definition) is 5. The fourth-order valence-corrected chi connectivity index (χ4v) is 1.84.